The minimum atomic E-state index is -0.434. The van der Waals surface area contributed by atoms with Gasteiger partial charge in [-0.2, -0.15) is 0 Å². The number of thiophene rings is 1. The number of methoxy groups -OCH3 is 1. The second-order valence-electron chi connectivity index (χ2n) is 7.47. The van der Waals surface area contributed by atoms with E-state index in [4.69, 9.17) is 4.74 Å². The second-order valence-corrected chi connectivity index (χ2v) is 9.75. The van der Waals surface area contributed by atoms with Crippen LogP contribution in [-0.2, 0) is 22.4 Å². The van der Waals surface area contributed by atoms with Crippen LogP contribution >= 0.6 is 23.1 Å². The number of amides is 1. The maximum atomic E-state index is 13.5. The van der Waals surface area contributed by atoms with Gasteiger partial charge in [0.2, 0.25) is 5.91 Å². The molecule has 0 bridgehead atoms. The summed E-state index contributed by atoms with van der Waals surface area (Å²) in [6.07, 6.45) is 5.12. The van der Waals surface area contributed by atoms with Gasteiger partial charge in [-0.3, -0.25) is 4.79 Å². The van der Waals surface area contributed by atoms with Crippen LogP contribution in [0.25, 0.3) is 0 Å². The van der Waals surface area contributed by atoms with Crippen LogP contribution in [0.5, 0.6) is 0 Å². The van der Waals surface area contributed by atoms with Gasteiger partial charge in [0.15, 0.2) is 0 Å². The Bertz CT molecular complexity index is 1050. The molecule has 4 nitrogen and oxygen atoms in total. The van der Waals surface area contributed by atoms with Crippen LogP contribution < -0.4 is 5.32 Å². The first-order chi connectivity index (χ1) is 15.2. The molecule has 1 aliphatic carbocycles. The van der Waals surface area contributed by atoms with Crippen LogP contribution in [0.2, 0.25) is 0 Å². The summed E-state index contributed by atoms with van der Waals surface area (Å²) in [7, 11) is 1.40. The number of hydrogen-bond donors (Lipinski definition) is 1. The summed E-state index contributed by atoms with van der Waals surface area (Å²) in [6.45, 7) is 0. The molecule has 1 N–H and O–H groups in total. The van der Waals surface area contributed by atoms with Crippen molar-refractivity contribution in [2.24, 2.45) is 0 Å². The fourth-order valence-electron chi connectivity index (χ4n) is 3.86. The highest BCUT2D eigenvalue weighted by molar-refractivity contribution is 8.00. The molecule has 31 heavy (non-hydrogen) atoms. The van der Waals surface area contributed by atoms with Crippen molar-refractivity contribution in [3.63, 3.8) is 0 Å². The summed E-state index contributed by atoms with van der Waals surface area (Å²) >= 11 is 3.03. The Morgan fingerprint density at radius 3 is 2.35 bits per heavy atom. The van der Waals surface area contributed by atoms with Gasteiger partial charge in [-0.1, -0.05) is 55.0 Å². The Kier molecular flexibility index (Phi) is 7.10. The van der Waals surface area contributed by atoms with Gasteiger partial charge < -0.3 is 10.1 Å². The van der Waals surface area contributed by atoms with Gasteiger partial charge in [-0.05, 0) is 48.9 Å². The third kappa shape index (κ3) is 5.02. The summed E-state index contributed by atoms with van der Waals surface area (Å²) in [5.41, 5.74) is 2.51. The fraction of sp³-hybridized carbons (Fsp3) is 0.280. The maximum Gasteiger partial charge on any atom is 0.341 e. The highest BCUT2D eigenvalue weighted by Gasteiger charge is 2.29. The van der Waals surface area contributed by atoms with Crippen molar-refractivity contribution >= 4 is 40.0 Å². The molecule has 1 atom stereocenters. The molecule has 160 valence electrons. The average molecular weight is 452 g/mol. The zero-order chi connectivity index (χ0) is 21.6. The molecule has 0 fully saturated rings. The summed E-state index contributed by atoms with van der Waals surface area (Å²) in [4.78, 5) is 28.3. The molecule has 1 amide bonds. The van der Waals surface area contributed by atoms with Gasteiger partial charge in [0.25, 0.3) is 0 Å². The number of hydrogen-bond acceptors (Lipinski definition) is 5. The largest absolute Gasteiger partial charge is 0.465 e. The quantitative estimate of drug-likeness (QED) is 0.272. The van der Waals surface area contributed by atoms with E-state index in [-0.39, 0.29) is 11.9 Å². The maximum absolute atomic E-state index is 13.5. The van der Waals surface area contributed by atoms with E-state index < -0.39 is 5.25 Å². The minimum absolute atomic E-state index is 0.137. The van der Waals surface area contributed by atoms with Crippen molar-refractivity contribution in [1.82, 2.24) is 0 Å². The monoisotopic (exact) mass is 451 g/mol. The molecule has 1 aromatic heterocycles. The molecule has 2 aromatic carbocycles. The van der Waals surface area contributed by atoms with E-state index in [0.717, 1.165) is 48.1 Å². The molecule has 1 heterocycles. The molecular weight excluding hydrogens is 426 g/mol. The molecule has 1 aliphatic rings. The lowest BCUT2D eigenvalue weighted by molar-refractivity contribution is -0.115. The van der Waals surface area contributed by atoms with Gasteiger partial charge in [0.05, 0.1) is 12.7 Å². The van der Waals surface area contributed by atoms with Crippen molar-refractivity contribution in [3.8, 4) is 0 Å². The molecule has 0 spiro atoms. The molecular formula is C25H25NO3S2. The number of thioether (sulfide) groups is 1. The number of fused-ring (bicyclic) bond motifs is 1. The molecule has 0 unspecified atom stereocenters. The highest BCUT2D eigenvalue weighted by atomic mass is 32.2. The molecule has 6 heteroatoms. The Morgan fingerprint density at radius 2 is 1.65 bits per heavy atom. The van der Waals surface area contributed by atoms with Crippen LogP contribution in [-0.4, -0.2) is 19.0 Å². The Morgan fingerprint density at radius 1 is 0.968 bits per heavy atom. The van der Waals surface area contributed by atoms with E-state index in [1.165, 1.54) is 35.1 Å². The van der Waals surface area contributed by atoms with Gasteiger partial charge in [-0.15, -0.1) is 23.1 Å². The predicted octanol–water partition coefficient (Wildman–Crippen LogP) is 6.28. The predicted molar refractivity (Wildman–Crippen MR) is 127 cm³/mol. The van der Waals surface area contributed by atoms with Gasteiger partial charge in [0, 0.05) is 9.77 Å². The van der Waals surface area contributed by atoms with Crippen molar-refractivity contribution in [1.29, 1.82) is 0 Å². The fourth-order valence-corrected chi connectivity index (χ4v) is 6.19. The Labute approximate surface area is 191 Å². The SMILES string of the molecule is COC(=O)c1c(NC(=O)[C@@H](Sc2ccccc2)c2ccccc2)sc2c1CCCCC2. The normalized spacial score (nSPS) is 14.2. The second kappa shape index (κ2) is 10.2. The van der Waals surface area contributed by atoms with Crippen molar-refractivity contribution in [2.75, 3.05) is 12.4 Å². The summed E-state index contributed by atoms with van der Waals surface area (Å²) in [5.74, 6) is -0.511. The van der Waals surface area contributed by atoms with Crippen molar-refractivity contribution in [3.05, 3.63) is 82.2 Å². The number of aryl methyl sites for hydroxylation is 1. The Hall–Kier alpha value is -2.57. The van der Waals surface area contributed by atoms with E-state index in [1.54, 1.807) is 0 Å². The number of benzene rings is 2. The third-order valence-corrected chi connectivity index (χ3v) is 7.86. The summed E-state index contributed by atoms with van der Waals surface area (Å²) in [5, 5.41) is 3.26. The number of carbonyl (C=O) groups excluding carboxylic acids is 2. The van der Waals surface area contributed by atoms with Crippen LogP contribution in [0.15, 0.2) is 65.6 Å². The van der Waals surface area contributed by atoms with Crippen LogP contribution in [0.4, 0.5) is 5.00 Å². The lowest BCUT2D eigenvalue weighted by Gasteiger charge is -2.17. The van der Waals surface area contributed by atoms with Gasteiger partial charge in [0.1, 0.15) is 10.3 Å². The van der Waals surface area contributed by atoms with Gasteiger partial charge >= 0.3 is 5.97 Å². The number of nitrogens with one attached hydrogen (secondary N) is 1. The molecule has 3 aromatic rings. The van der Waals surface area contributed by atoms with E-state index in [0.29, 0.717) is 10.6 Å². The number of anilines is 1. The lowest BCUT2D eigenvalue weighted by atomic mass is 10.1. The smallest absolute Gasteiger partial charge is 0.341 e. The first-order valence-electron chi connectivity index (χ1n) is 10.5. The van der Waals surface area contributed by atoms with Gasteiger partial charge in [-0.25, -0.2) is 4.79 Å². The molecule has 0 saturated heterocycles. The first kappa shape index (κ1) is 21.7. The van der Waals surface area contributed by atoms with Crippen LogP contribution in [0.1, 0.15) is 50.9 Å². The van der Waals surface area contributed by atoms with Crippen molar-refractivity contribution in [2.45, 2.75) is 42.2 Å². The van der Waals surface area contributed by atoms with Crippen LogP contribution in [0.3, 0.4) is 0 Å². The molecule has 0 radical (unpaired) electrons. The molecule has 0 aliphatic heterocycles. The highest BCUT2D eigenvalue weighted by Crippen LogP contribution is 2.40. The first-order valence-corrected chi connectivity index (χ1v) is 12.2. The Balaban J connectivity index is 1.66. The number of ether oxygens (including phenoxy) is 1. The number of rotatable bonds is 6. The van der Waals surface area contributed by atoms with Crippen molar-refractivity contribution < 1.29 is 14.3 Å². The molecule has 4 rings (SSSR count). The lowest BCUT2D eigenvalue weighted by Crippen LogP contribution is -2.20. The topological polar surface area (TPSA) is 55.4 Å². The number of esters is 1. The zero-order valence-corrected chi connectivity index (χ0v) is 19.1. The summed E-state index contributed by atoms with van der Waals surface area (Å²) < 4.78 is 5.08. The van der Waals surface area contributed by atoms with E-state index >= 15 is 0 Å². The van der Waals surface area contributed by atoms with Crippen LogP contribution in [0, 0.1) is 0 Å². The summed E-state index contributed by atoms with van der Waals surface area (Å²) in [6, 6.07) is 19.6. The molecule has 0 saturated carbocycles. The van der Waals surface area contributed by atoms with E-state index in [9.17, 15) is 9.59 Å². The van der Waals surface area contributed by atoms with E-state index in [1.807, 2.05) is 60.7 Å². The standard InChI is InChI=1S/C25H25NO3S2/c1-29-25(28)21-19-15-9-4-10-16-20(19)31-24(21)26-23(27)22(17-11-5-2-6-12-17)30-18-13-7-3-8-14-18/h2-3,5-8,11-14,22H,4,9-10,15-16H2,1H3,(H,26,27)/t22-/m0/s1. The average Bonchev–Trinajstić information content (AvgIpc) is 2.98. The third-order valence-electron chi connectivity index (χ3n) is 5.39. The van der Waals surface area contributed by atoms with E-state index in [2.05, 4.69) is 5.32 Å². The zero-order valence-electron chi connectivity index (χ0n) is 17.4. The minimum Gasteiger partial charge on any atom is -0.465 e. The number of carbonyl (C=O) groups is 2.